The minimum atomic E-state index is 0.194. The normalized spacial score (nSPS) is 11.7. The monoisotopic (exact) mass is 327 g/mol. The molecule has 0 rings (SSSR count). The Labute approximate surface area is 145 Å². The van der Waals surface area contributed by atoms with Crippen molar-refractivity contribution in [2.24, 2.45) is 0 Å². The minimum absolute atomic E-state index is 0.194. The van der Waals surface area contributed by atoms with E-state index >= 15 is 0 Å². The van der Waals surface area contributed by atoms with Crippen molar-refractivity contribution in [2.75, 3.05) is 20.6 Å². The van der Waals surface area contributed by atoms with Crippen molar-refractivity contribution in [2.45, 2.75) is 104 Å². The molecule has 0 aliphatic rings. The maximum atomic E-state index is 11.8. The Morgan fingerprint density at radius 1 is 0.696 bits per heavy atom. The summed E-state index contributed by atoms with van der Waals surface area (Å²) in [6.45, 7) is 5.29. The van der Waals surface area contributed by atoms with Crippen LogP contribution in [-0.2, 0) is 4.79 Å². The fourth-order valence-electron chi connectivity index (χ4n) is 2.78. The topological polar surface area (TPSA) is 29.1 Å². The summed E-state index contributed by atoms with van der Waals surface area (Å²) in [5.74, 6) is 0.194. The Kier molecular flexibility index (Phi) is 14.6. The lowest BCUT2D eigenvalue weighted by molar-refractivity contribution is -0.923. The van der Waals surface area contributed by atoms with Gasteiger partial charge >= 0.3 is 0 Å². The highest BCUT2D eigenvalue weighted by atomic mass is 16.2. The lowest BCUT2D eigenvalue weighted by Gasteiger charge is -2.27. The molecule has 0 aromatic rings. The molecule has 0 atom stereocenters. The molecule has 0 unspecified atom stereocenters. The molecular weight excluding hydrogens is 284 g/mol. The molecule has 1 N–H and O–H groups in total. The highest BCUT2D eigenvalue weighted by molar-refractivity contribution is 5.74. The van der Waals surface area contributed by atoms with Crippen molar-refractivity contribution < 1.29 is 9.39 Å². The number of hydrogen-bond acceptors (Lipinski definition) is 1. The Bertz CT molecular complexity index is 277. The van der Waals surface area contributed by atoms with Crippen LogP contribution in [0.5, 0.6) is 0 Å². The summed E-state index contributed by atoms with van der Waals surface area (Å²) >= 11 is 0. The standard InChI is InChI=1S/C20H42N2O/c1-5-7-8-9-10-11-12-13-14-15-16-17-18-19-20(23)21-22(3,4)6-2/h5-19H2,1-4H3/p+1. The number of carbonyl (C=O) groups is 1. The highest BCUT2D eigenvalue weighted by Gasteiger charge is 2.15. The lowest BCUT2D eigenvalue weighted by atomic mass is 10.0. The Hall–Kier alpha value is -0.570. The molecule has 0 saturated heterocycles. The first-order valence-electron chi connectivity index (χ1n) is 10.2. The summed E-state index contributed by atoms with van der Waals surface area (Å²) in [6.07, 6.45) is 18.2. The predicted molar refractivity (Wildman–Crippen MR) is 101 cm³/mol. The Morgan fingerprint density at radius 2 is 1.09 bits per heavy atom. The number of carbonyl (C=O) groups excluding carboxylic acids is 1. The van der Waals surface area contributed by atoms with E-state index in [1.807, 2.05) is 14.1 Å². The van der Waals surface area contributed by atoms with Gasteiger partial charge in [-0.05, 0) is 13.3 Å². The molecule has 3 heteroatoms. The van der Waals surface area contributed by atoms with Gasteiger partial charge in [0.2, 0.25) is 0 Å². The van der Waals surface area contributed by atoms with Gasteiger partial charge in [-0.3, -0.25) is 4.79 Å². The molecule has 0 aromatic carbocycles. The van der Waals surface area contributed by atoms with Gasteiger partial charge in [0.1, 0.15) is 0 Å². The summed E-state index contributed by atoms with van der Waals surface area (Å²) < 4.78 is 0.581. The molecule has 0 aliphatic heterocycles. The zero-order valence-electron chi connectivity index (χ0n) is 16.5. The fraction of sp³-hybridized carbons (Fsp3) is 0.950. The van der Waals surface area contributed by atoms with E-state index in [-0.39, 0.29) is 5.91 Å². The van der Waals surface area contributed by atoms with E-state index in [0.717, 1.165) is 13.0 Å². The fourth-order valence-corrected chi connectivity index (χ4v) is 2.78. The van der Waals surface area contributed by atoms with Crippen LogP contribution in [0.2, 0.25) is 0 Å². The van der Waals surface area contributed by atoms with Crippen molar-refractivity contribution >= 4 is 5.91 Å². The van der Waals surface area contributed by atoms with Crippen LogP contribution in [0.4, 0.5) is 0 Å². The van der Waals surface area contributed by atoms with Crippen molar-refractivity contribution in [3.05, 3.63) is 0 Å². The summed E-state index contributed by atoms with van der Waals surface area (Å²) in [5, 5.41) is 0. The second-order valence-corrected chi connectivity index (χ2v) is 7.53. The molecule has 0 fully saturated rings. The Morgan fingerprint density at radius 3 is 1.48 bits per heavy atom. The van der Waals surface area contributed by atoms with E-state index < -0.39 is 0 Å². The van der Waals surface area contributed by atoms with Crippen LogP contribution in [0, 0.1) is 0 Å². The van der Waals surface area contributed by atoms with E-state index in [2.05, 4.69) is 19.3 Å². The maximum Gasteiger partial charge on any atom is 0.264 e. The van der Waals surface area contributed by atoms with Gasteiger partial charge in [0.15, 0.2) is 0 Å². The molecule has 138 valence electrons. The number of hydrogen-bond donors (Lipinski definition) is 1. The predicted octanol–water partition coefficient (Wildman–Crippen LogP) is 5.60. The third-order valence-corrected chi connectivity index (χ3v) is 4.73. The first kappa shape index (κ1) is 22.4. The second-order valence-electron chi connectivity index (χ2n) is 7.53. The van der Waals surface area contributed by atoms with E-state index in [1.165, 1.54) is 77.0 Å². The first-order valence-corrected chi connectivity index (χ1v) is 10.2. The molecule has 0 bridgehead atoms. The van der Waals surface area contributed by atoms with Gasteiger partial charge in [-0.1, -0.05) is 84.0 Å². The van der Waals surface area contributed by atoms with Crippen LogP contribution < -0.4 is 5.43 Å². The summed E-state index contributed by atoms with van der Waals surface area (Å²) in [4.78, 5) is 11.8. The lowest BCUT2D eigenvalue weighted by Crippen LogP contribution is -2.54. The Balaban J connectivity index is 3.23. The van der Waals surface area contributed by atoms with Crippen LogP contribution in [0.1, 0.15) is 104 Å². The van der Waals surface area contributed by atoms with Crippen molar-refractivity contribution in [1.29, 1.82) is 0 Å². The quantitative estimate of drug-likeness (QED) is 0.223. The van der Waals surface area contributed by atoms with Crippen LogP contribution in [0.3, 0.4) is 0 Å². The van der Waals surface area contributed by atoms with Gasteiger partial charge in [-0.2, -0.15) is 0 Å². The van der Waals surface area contributed by atoms with Crippen LogP contribution >= 0.6 is 0 Å². The van der Waals surface area contributed by atoms with E-state index in [1.54, 1.807) is 0 Å². The number of quaternary nitrogens is 1. The minimum Gasteiger partial charge on any atom is -0.270 e. The van der Waals surface area contributed by atoms with Crippen LogP contribution in [0.25, 0.3) is 0 Å². The molecule has 0 spiro atoms. The van der Waals surface area contributed by atoms with Gasteiger partial charge in [0.05, 0.1) is 20.6 Å². The average Bonchev–Trinajstić information content (AvgIpc) is 2.51. The average molecular weight is 328 g/mol. The number of amides is 1. The number of nitrogens with one attached hydrogen (secondary N) is 1. The number of nitrogens with zero attached hydrogens (tertiary/aromatic N) is 1. The number of rotatable bonds is 16. The summed E-state index contributed by atoms with van der Waals surface area (Å²) in [7, 11) is 4.06. The molecule has 1 amide bonds. The van der Waals surface area contributed by atoms with Gasteiger partial charge in [0, 0.05) is 6.42 Å². The van der Waals surface area contributed by atoms with Gasteiger partial charge in [0.25, 0.3) is 5.91 Å². The summed E-state index contributed by atoms with van der Waals surface area (Å²) in [6, 6.07) is 0. The zero-order valence-corrected chi connectivity index (χ0v) is 16.5. The SMILES string of the molecule is CCCCCCCCCCCCCCCC(=O)N[N+](C)(C)CC. The molecule has 23 heavy (non-hydrogen) atoms. The van der Waals surface area contributed by atoms with Gasteiger partial charge < -0.3 is 0 Å². The van der Waals surface area contributed by atoms with Crippen LogP contribution in [0.15, 0.2) is 0 Å². The highest BCUT2D eigenvalue weighted by Crippen LogP contribution is 2.12. The van der Waals surface area contributed by atoms with Crippen molar-refractivity contribution in [3.63, 3.8) is 0 Å². The molecule has 0 aliphatic carbocycles. The molecule has 0 radical (unpaired) electrons. The van der Waals surface area contributed by atoms with Gasteiger partial charge in [-0.15, -0.1) is 0 Å². The smallest absolute Gasteiger partial charge is 0.264 e. The van der Waals surface area contributed by atoms with E-state index in [4.69, 9.17) is 0 Å². The largest absolute Gasteiger partial charge is 0.270 e. The molecule has 0 aromatic heterocycles. The molecular formula is C20H43N2O+. The van der Waals surface area contributed by atoms with E-state index in [9.17, 15) is 4.79 Å². The molecule has 3 nitrogen and oxygen atoms in total. The first-order chi connectivity index (χ1) is 11.0. The molecule has 0 heterocycles. The number of unbranched alkanes of at least 4 members (excludes halogenated alkanes) is 12. The molecule has 0 saturated carbocycles. The maximum absolute atomic E-state index is 11.8. The zero-order chi connectivity index (χ0) is 17.4. The van der Waals surface area contributed by atoms with Crippen molar-refractivity contribution in [3.8, 4) is 0 Å². The second kappa shape index (κ2) is 15.0. The third-order valence-electron chi connectivity index (χ3n) is 4.73. The van der Waals surface area contributed by atoms with E-state index in [0.29, 0.717) is 11.0 Å². The van der Waals surface area contributed by atoms with Crippen LogP contribution in [-0.4, -0.2) is 31.1 Å². The van der Waals surface area contributed by atoms with Gasteiger partial charge in [-0.25, -0.2) is 10.0 Å². The summed E-state index contributed by atoms with van der Waals surface area (Å²) in [5.41, 5.74) is 3.05. The van der Waals surface area contributed by atoms with Crippen molar-refractivity contribution in [1.82, 2.24) is 5.43 Å². The third kappa shape index (κ3) is 16.1.